The zero-order chi connectivity index (χ0) is 21.0. The van der Waals surface area contributed by atoms with Crippen LogP contribution in [0.1, 0.15) is 33.9 Å². The molecule has 0 unspecified atom stereocenters. The van der Waals surface area contributed by atoms with Crippen LogP contribution in [0.25, 0.3) is 11.2 Å². The first kappa shape index (κ1) is 20.5. The van der Waals surface area contributed by atoms with Crippen molar-refractivity contribution in [3.8, 4) is 5.88 Å². The Morgan fingerprint density at radius 2 is 2.24 bits per heavy atom. The van der Waals surface area contributed by atoms with Crippen molar-refractivity contribution in [2.24, 2.45) is 0 Å². The molecule has 4 rings (SSSR count). The molecule has 12 nitrogen and oxygen atoms in total. The molecule has 29 heavy (non-hydrogen) atoms. The van der Waals surface area contributed by atoms with E-state index in [1.165, 1.54) is 17.8 Å². The normalized spacial score (nSPS) is 34.6. The molecule has 5 atom stereocenters. The van der Waals surface area contributed by atoms with Crippen LogP contribution in [0.3, 0.4) is 0 Å². The average Bonchev–Trinajstić information content (AvgIpc) is 3.13. The number of phosphoric ester groups is 1. The van der Waals surface area contributed by atoms with Gasteiger partial charge in [0.2, 0.25) is 11.8 Å². The lowest BCUT2D eigenvalue weighted by atomic mass is 9.96. The van der Waals surface area contributed by atoms with Gasteiger partial charge in [0.15, 0.2) is 17.4 Å². The first-order valence-corrected chi connectivity index (χ1v) is 10.7. The lowest BCUT2D eigenvalue weighted by Crippen LogP contribution is -2.47. The first-order valence-electron chi connectivity index (χ1n) is 9.26. The number of nitrogens with zero attached hydrogens (tertiary/aromatic N) is 4. The molecule has 13 heteroatoms. The molecule has 0 amide bonds. The van der Waals surface area contributed by atoms with Crippen molar-refractivity contribution >= 4 is 24.9 Å². The summed E-state index contributed by atoms with van der Waals surface area (Å²) in [6.07, 6.45) is -1.51. The standard InChI is InChI=1S/C16H24N5O7P/c1-5-24-13-10-12(19-15(17)20-13)21(7-18-10)14-16(4,22)11-9(26-14)6-25-29(23,28-11)27-8(2)3/h7-9,11,14,22H,5-6H2,1-4H3,(H2,17,19,20)/t9-,11-,14-,16-,29-/m1/s1. The van der Waals surface area contributed by atoms with Crippen LogP contribution < -0.4 is 10.5 Å². The highest BCUT2D eigenvalue weighted by atomic mass is 31.2. The Morgan fingerprint density at radius 3 is 2.93 bits per heavy atom. The number of imidazole rings is 1. The summed E-state index contributed by atoms with van der Waals surface area (Å²) in [6.45, 7) is 7.06. The highest BCUT2D eigenvalue weighted by Crippen LogP contribution is 2.59. The second-order valence-corrected chi connectivity index (χ2v) is 8.89. The SMILES string of the molecule is CCOc1nc(N)nc2c1ncn2[C@@H]1O[C@@H]2CO[P@](=O)(OC(C)C)O[C@H]2[C@@]1(C)O. The molecule has 4 heterocycles. The number of rotatable bonds is 5. The second-order valence-electron chi connectivity index (χ2n) is 7.32. The molecule has 2 aliphatic rings. The summed E-state index contributed by atoms with van der Waals surface area (Å²) in [6, 6.07) is 0. The highest BCUT2D eigenvalue weighted by Gasteiger charge is 2.60. The summed E-state index contributed by atoms with van der Waals surface area (Å²) < 4.78 is 41.9. The fourth-order valence-corrected chi connectivity index (χ4v) is 5.15. The number of ether oxygens (including phenoxy) is 2. The summed E-state index contributed by atoms with van der Waals surface area (Å²) in [5.41, 5.74) is 4.91. The van der Waals surface area contributed by atoms with Crippen LogP contribution in [0.15, 0.2) is 6.33 Å². The number of fused-ring (bicyclic) bond motifs is 2. The summed E-state index contributed by atoms with van der Waals surface area (Å²) in [4.78, 5) is 12.6. The van der Waals surface area contributed by atoms with Crippen LogP contribution in [0.2, 0.25) is 0 Å². The molecular formula is C16H24N5O7P. The quantitative estimate of drug-likeness (QED) is 0.663. The van der Waals surface area contributed by atoms with E-state index in [9.17, 15) is 9.67 Å². The summed E-state index contributed by atoms with van der Waals surface area (Å²) in [7, 11) is -3.83. The molecule has 2 fully saturated rings. The molecule has 0 bridgehead atoms. The van der Waals surface area contributed by atoms with E-state index in [1.807, 2.05) is 6.92 Å². The van der Waals surface area contributed by atoms with Gasteiger partial charge in [-0.2, -0.15) is 9.97 Å². The van der Waals surface area contributed by atoms with Crippen LogP contribution in [-0.2, 0) is 22.9 Å². The lowest BCUT2D eigenvalue weighted by molar-refractivity contribution is -0.0917. The van der Waals surface area contributed by atoms with Gasteiger partial charge in [0, 0.05) is 0 Å². The predicted octanol–water partition coefficient (Wildman–Crippen LogP) is 1.40. The van der Waals surface area contributed by atoms with E-state index in [-0.39, 0.29) is 24.5 Å². The molecule has 2 aromatic rings. The number of hydrogen-bond donors (Lipinski definition) is 2. The number of aliphatic hydroxyl groups is 1. The van der Waals surface area contributed by atoms with Gasteiger partial charge < -0.3 is 20.3 Å². The second kappa shape index (κ2) is 7.15. The smallest absolute Gasteiger partial charge is 0.475 e. The van der Waals surface area contributed by atoms with Crippen molar-refractivity contribution in [2.75, 3.05) is 18.9 Å². The third-order valence-electron chi connectivity index (χ3n) is 4.64. The molecule has 0 radical (unpaired) electrons. The zero-order valence-corrected chi connectivity index (χ0v) is 17.4. The molecule has 0 spiro atoms. The largest absolute Gasteiger partial charge is 0.476 e. The lowest BCUT2D eigenvalue weighted by Gasteiger charge is -2.35. The molecule has 0 aliphatic carbocycles. The number of aromatic nitrogens is 4. The van der Waals surface area contributed by atoms with Crippen LogP contribution in [-0.4, -0.2) is 61.8 Å². The van der Waals surface area contributed by atoms with Crippen molar-refractivity contribution in [1.29, 1.82) is 0 Å². The molecule has 2 aromatic heterocycles. The van der Waals surface area contributed by atoms with E-state index in [1.54, 1.807) is 13.8 Å². The third kappa shape index (κ3) is 3.49. The Morgan fingerprint density at radius 1 is 1.48 bits per heavy atom. The maximum Gasteiger partial charge on any atom is 0.475 e. The van der Waals surface area contributed by atoms with Crippen molar-refractivity contribution in [3.63, 3.8) is 0 Å². The molecule has 0 saturated carbocycles. The maximum atomic E-state index is 12.7. The molecule has 3 N–H and O–H groups in total. The Labute approximate surface area is 166 Å². The Hall–Kier alpha value is -1.82. The van der Waals surface area contributed by atoms with Gasteiger partial charge in [-0.15, -0.1) is 0 Å². The van der Waals surface area contributed by atoms with Crippen molar-refractivity contribution < 1.29 is 32.7 Å². The van der Waals surface area contributed by atoms with Gasteiger partial charge in [-0.1, -0.05) is 0 Å². The van der Waals surface area contributed by atoms with E-state index in [0.717, 1.165) is 0 Å². The minimum Gasteiger partial charge on any atom is -0.476 e. The van der Waals surface area contributed by atoms with Gasteiger partial charge in [0.1, 0.15) is 17.8 Å². The van der Waals surface area contributed by atoms with Gasteiger partial charge >= 0.3 is 7.82 Å². The minimum atomic E-state index is -3.83. The number of anilines is 1. The Bertz CT molecular complexity index is 965. The maximum absolute atomic E-state index is 12.7. The van der Waals surface area contributed by atoms with Gasteiger partial charge in [0.25, 0.3) is 0 Å². The van der Waals surface area contributed by atoms with E-state index in [4.69, 9.17) is 28.8 Å². The molecule has 2 aliphatic heterocycles. The first-order chi connectivity index (χ1) is 13.6. The number of nitrogen functional groups attached to an aromatic ring is 1. The van der Waals surface area contributed by atoms with E-state index < -0.39 is 31.9 Å². The summed E-state index contributed by atoms with van der Waals surface area (Å²) in [5.74, 6) is 0.227. The zero-order valence-electron chi connectivity index (χ0n) is 16.5. The van der Waals surface area contributed by atoms with Crippen molar-refractivity contribution in [3.05, 3.63) is 6.33 Å². The number of phosphoric acid groups is 1. The summed E-state index contributed by atoms with van der Waals surface area (Å²) in [5, 5.41) is 11.3. The van der Waals surface area contributed by atoms with Crippen LogP contribution >= 0.6 is 7.82 Å². The molecule has 160 valence electrons. The predicted molar refractivity (Wildman–Crippen MR) is 100 cm³/mol. The highest BCUT2D eigenvalue weighted by molar-refractivity contribution is 7.48. The van der Waals surface area contributed by atoms with E-state index in [2.05, 4.69) is 15.0 Å². The van der Waals surface area contributed by atoms with Gasteiger partial charge in [-0.3, -0.25) is 18.1 Å². The van der Waals surface area contributed by atoms with Crippen LogP contribution in [0, 0.1) is 0 Å². The monoisotopic (exact) mass is 429 g/mol. The molecule has 2 saturated heterocycles. The summed E-state index contributed by atoms with van der Waals surface area (Å²) >= 11 is 0. The van der Waals surface area contributed by atoms with Crippen molar-refractivity contribution in [2.45, 2.75) is 57.8 Å². The van der Waals surface area contributed by atoms with Crippen LogP contribution in [0.5, 0.6) is 5.88 Å². The van der Waals surface area contributed by atoms with Gasteiger partial charge in [-0.05, 0) is 27.7 Å². The minimum absolute atomic E-state index is 0.00725. The number of nitrogens with two attached hydrogens (primary N) is 1. The van der Waals surface area contributed by atoms with Crippen LogP contribution in [0.4, 0.5) is 5.95 Å². The fraction of sp³-hybridized carbons (Fsp3) is 0.688. The third-order valence-corrected chi connectivity index (χ3v) is 6.27. The van der Waals surface area contributed by atoms with Gasteiger partial charge in [0.05, 0.1) is 25.6 Å². The molecule has 0 aromatic carbocycles. The molecular weight excluding hydrogens is 405 g/mol. The van der Waals surface area contributed by atoms with Gasteiger partial charge in [-0.25, -0.2) is 9.55 Å². The Balaban J connectivity index is 1.70. The fourth-order valence-electron chi connectivity index (χ4n) is 3.50. The average molecular weight is 429 g/mol. The number of hydrogen-bond acceptors (Lipinski definition) is 11. The Kier molecular flexibility index (Phi) is 5.04. The topological polar surface area (TPSA) is 153 Å². The van der Waals surface area contributed by atoms with Crippen molar-refractivity contribution in [1.82, 2.24) is 19.5 Å². The van der Waals surface area contributed by atoms with E-state index in [0.29, 0.717) is 17.8 Å². The van der Waals surface area contributed by atoms with E-state index >= 15 is 0 Å².